The second-order valence-electron chi connectivity index (χ2n) is 7.25. The normalized spacial score (nSPS) is 14.3. The zero-order valence-electron chi connectivity index (χ0n) is 15.1. The zero-order chi connectivity index (χ0) is 20.0. The van der Waals surface area contributed by atoms with Crippen LogP contribution in [0.4, 0.5) is 11.4 Å². The van der Waals surface area contributed by atoms with E-state index in [4.69, 9.17) is 4.42 Å². The Bertz CT molecular complexity index is 1020. The number of hydrogen-bond donors (Lipinski definition) is 1. The number of furan rings is 1. The van der Waals surface area contributed by atoms with Crippen molar-refractivity contribution in [2.24, 2.45) is 0 Å². The molecule has 1 N–H and O–H groups in total. The number of nitrogens with zero attached hydrogens (tertiary/aromatic N) is 2. The second-order valence-corrected chi connectivity index (χ2v) is 8.86. The van der Waals surface area contributed by atoms with Crippen molar-refractivity contribution in [1.29, 1.82) is 0 Å². The molecule has 0 fully saturated rings. The Labute approximate surface area is 156 Å². The molecule has 0 saturated heterocycles. The molecule has 144 valence electrons. The summed E-state index contributed by atoms with van der Waals surface area (Å²) in [5.74, 6) is -0.615. The number of carbonyl (C=O) groups is 1. The predicted molar refractivity (Wildman–Crippen MR) is 97.3 cm³/mol. The number of anilines is 1. The number of nitro benzene ring substituents is 1. The highest BCUT2D eigenvalue weighted by Crippen LogP contribution is 2.32. The van der Waals surface area contributed by atoms with E-state index in [1.54, 1.807) is 20.8 Å². The summed E-state index contributed by atoms with van der Waals surface area (Å²) in [5.41, 5.74) is 0.506. The monoisotopic (exact) mass is 393 g/mol. The van der Waals surface area contributed by atoms with Gasteiger partial charge in [0.2, 0.25) is 5.09 Å². The van der Waals surface area contributed by atoms with Crippen molar-refractivity contribution in [2.45, 2.75) is 37.8 Å². The highest BCUT2D eigenvalue weighted by molar-refractivity contribution is 7.89. The number of carbonyl (C=O) groups excluding carboxylic acids is 1. The van der Waals surface area contributed by atoms with E-state index >= 15 is 0 Å². The van der Waals surface area contributed by atoms with E-state index in [-0.39, 0.29) is 16.5 Å². The van der Waals surface area contributed by atoms with Gasteiger partial charge in [0.25, 0.3) is 21.6 Å². The molecule has 1 amide bonds. The summed E-state index contributed by atoms with van der Waals surface area (Å²) in [5, 5.41) is 10.5. The molecule has 0 bridgehead atoms. The number of rotatable bonds is 4. The molecule has 1 aromatic heterocycles. The van der Waals surface area contributed by atoms with E-state index in [2.05, 4.69) is 4.72 Å². The van der Waals surface area contributed by atoms with Crippen molar-refractivity contribution in [3.63, 3.8) is 0 Å². The van der Waals surface area contributed by atoms with Crippen LogP contribution in [0.1, 0.15) is 36.9 Å². The quantitative estimate of drug-likeness (QED) is 0.629. The minimum Gasteiger partial charge on any atom is -0.438 e. The number of benzene rings is 1. The van der Waals surface area contributed by atoms with Gasteiger partial charge >= 0.3 is 0 Å². The van der Waals surface area contributed by atoms with Crippen molar-refractivity contribution in [3.8, 4) is 0 Å². The fraction of sp³-hybridized carbons (Fsp3) is 0.353. The second kappa shape index (κ2) is 6.46. The lowest BCUT2D eigenvalue weighted by molar-refractivity contribution is -0.384. The number of hydrogen-bond acceptors (Lipinski definition) is 6. The molecular weight excluding hydrogens is 374 g/mol. The molecule has 10 heteroatoms. The van der Waals surface area contributed by atoms with Gasteiger partial charge in [-0.05, 0) is 51.0 Å². The molecule has 2 heterocycles. The smallest absolute Gasteiger partial charge is 0.294 e. The van der Waals surface area contributed by atoms with Crippen molar-refractivity contribution in [2.75, 3.05) is 11.4 Å². The molecular formula is C17H19N3O6S. The third kappa shape index (κ3) is 3.86. The van der Waals surface area contributed by atoms with Gasteiger partial charge in [-0.15, -0.1) is 0 Å². The summed E-state index contributed by atoms with van der Waals surface area (Å²) in [6.45, 7) is 5.41. The molecule has 0 atom stereocenters. The van der Waals surface area contributed by atoms with Crippen LogP contribution in [0.3, 0.4) is 0 Å². The Kier molecular flexibility index (Phi) is 4.56. The third-order valence-electron chi connectivity index (χ3n) is 3.91. The van der Waals surface area contributed by atoms with Gasteiger partial charge in [0.05, 0.1) is 4.92 Å². The molecule has 0 spiro atoms. The van der Waals surface area contributed by atoms with Crippen LogP contribution in [-0.4, -0.2) is 31.3 Å². The minimum atomic E-state index is -3.89. The fourth-order valence-electron chi connectivity index (χ4n) is 2.88. The number of nitrogens with one attached hydrogen (secondary N) is 1. The topological polar surface area (TPSA) is 123 Å². The number of fused-ring (bicyclic) bond motifs is 1. The Balaban J connectivity index is 1.85. The highest BCUT2D eigenvalue weighted by Gasteiger charge is 2.31. The van der Waals surface area contributed by atoms with Gasteiger partial charge < -0.3 is 9.32 Å². The van der Waals surface area contributed by atoms with Gasteiger partial charge in [-0.1, -0.05) is 0 Å². The van der Waals surface area contributed by atoms with E-state index in [0.717, 1.165) is 0 Å². The zero-order valence-corrected chi connectivity index (χ0v) is 15.9. The summed E-state index contributed by atoms with van der Waals surface area (Å²) in [6, 6.07) is 6.82. The predicted octanol–water partition coefficient (Wildman–Crippen LogP) is 2.47. The van der Waals surface area contributed by atoms with Crippen LogP contribution < -0.4 is 9.62 Å². The molecule has 0 saturated carbocycles. The molecule has 0 unspecified atom stereocenters. The number of amides is 1. The van der Waals surface area contributed by atoms with Crippen molar-refractivity contribution < 1.29 is 22.6 Å². The van der Waals surface area contributed by atoms with E-state index in [0.29, 0.717) is 24.2 Å². The molecule has 1 aliphatic rings. The Morgan fingerprint density at radius 1 is 1.26 bits per heavy atom. The Morgan fingerprint density at radius 3 is 2.59 bits per heavy atom. The van der Waals surface area contributed by atoms with Crippen molar-refractivity contribution >= 4 is 27.3 Å². The molecule has 3 rings (SSSR count). The molecule has 1 aliphatic heterocycles. The summed E-state index contributed by atoms with van der Waals surface area (Å²) >= 11 is 0. The van der Waals surface area contributed by atoms with Crippen LogP contribution in [0, 0.1) is 10.1 Å². The number of sulfonamides is 1. The SMILES string of the molecule is CC(C)(C)NS(=O)(=O)c1ccc(C(=O)N2CCc3cc([N+](=O)[O-])ccc32)o1. The molecule has 0 radical (unpaired) electrons. The third-order valence-corrected chi connectivity index (χ3v) is 5.54. The first kappa shape index (κ1) is 19.1. The van der Waals surface area contributed by atoms with Crippen LogP contribution >= 0.6 is 0 Å². The van der Waals surface area contributed by atoms with E-state index < -0.39 is 26.4 Å². The lowest BCUT2D eigenvalue weighted by Gasteiger charge is -2.19. The Morgan fingerprint density at radius 2 is 1.96 bits per heavy atom. The average molecular weight is 393 g/mol. The first-order chi connectivity index (χ1) is 12.5. The van der Waals surface area contributed by atoms with Crippen LogP contribution in [0.15, 0.2) is 39.8 Å². The van der Waals surface area contributed by atoms with E-state index in [1.165, 1.54) is 35.2 Å². The van der Waals surface area contributed by atoms with Gasteiger partial charge in [-0.25, -0.2) is 13.1 Å². The van der Waals surface area contributed by atoms with Gasteiger partial charge in [-0.2, -0.15) is 0 Å². The van der Waals surface area contributed by atoms with Gasteiger partial charge in [0.15, 0.2) is 5.76 Å². The molecule has 9 nitrogen and oxygen atoms in total. The van der Waals surface area contributed by atoms with Crippen LogP contribution in [0.5, 0.6) is 0 Å². The van der Waals surface area contributed by atoms with E-state index in [1.807, 2.05) is 0 Å². The number of nitro groups is 1. The van der Waals surface area contributed by atoms with Crippen LogP contribution in [0.25, 0.3) is 0 Å². The average Bonchev–Trinajstić information content (AvgIpc) is 3.19. The summed E-state index contributed by atoms with van der Waals surface area (Å²) < 4.78 is 32.4. The fourth-order valence-corrected chi connectivity index (χ4v) is 4.23. The van der Waals surface area contributed by atoms with E-state index in [9.17, 15) is 23.3 Å². The summed E-state index contributed by atoms with van der Waals surface area (Å²) in [4.78, 5) is 24.6. The van der Waals surface area contributed by atoms with Gasteiger partial charge in [0.1, 0.15) is 0 Å². The summed E-state index contributed by atoms with van der Waals surface area (Å²) in [7, 11) is -3.89. The van der Waals surface area contributed by atoms with Crippen molar-refractivity contribution in [1.82, 2.24) is 4.72 Å². The number of non-ortho nitro benzene ring substituents is 1. The maximum Gasteiger partial charge on any atom is 0.294 e. The van der Waals surface area contributed by atoms with Crippen molar-refractivity contribution in [3.05, 3.63) is 51.8 Å². The molecule has 2 aromatic rings. The lowest BCUT2D eigenvalue weighted by atomic mass is 10.1. The lowest BCUT2D eigenvalue weighted by Crippen LogP contribution is -2.40. The standard InChI is InChI=1S/C17H19N3O6S/c1-17(2,3)18-27(24,25)15-7-6-14(26-15)16(21)19-9-8-11-10-12(20(22)23)4-5-13(11)19/h4-7,10,18H,8-9H2,1-3H3. The first-order valence-corrected chi connectivity index (χ1v) is 9.69. The van der Waals surface area contributed by atoms with Gasteiger partial charge in [0, 0.05) is 29.9 Å². The minimum absolute atomic E-state index is 0.0392. The highest BCUT2D eigenvalue weighted by atomic mass is 32.2. The maximum absolute atomic E-state index is 12.7. The molecule has 27 heavy (non-hydrogen) atoms. The van der Waals surface area contributed by atoms with Crippen LogP contribution in [0.2, 0.25) is 0 Å². The Hall–Kier alpha value is -2.72. The van der Waals surface area contributed by atoms with Gasteiger partial charge in [-0.3, -0.25) is 14.9 Å². The summed E-state index contributed by atoms with van der Waals surface area (Å²) in [6.07, 6.45) is 0.472. The molecule has 0 aliphatic carbocycles. The first-order valence-electron chi connectivity index (χ1n) is 8.21. The van der Waals surface area contributed by atoms with Crippen LogP contribution in [-0.2, 0) is 16.4 Å². The molecule has 1 aromatic carbocycles. The maximum atomic E-state index is 12.7. The largest absolute Gasteiger partial charge is 0.438 e.